The molecule has 1 amide bonds. The van der Waals surface area contributed by atoms with Crippen molar-refractivity contribution in [2.24, 2.45) is 11.8 Å². The molecular weight excluding hydrogens is 400 g/mol. The number of likely N-dealkylation sites (tertiary alicyclic amines) is 1. The van der Waals surface area contributed by atoms with Gasteiger partial charge < -0.3 is 9.64 Å². The lowest BCUT2D eigenvalue weighted by Crippen LogP contribution is -2.41. The molecule has 1 aromatic carbocycles. The van der Waals surface area contributed by atoms with Gasteiger partial charge in [0.2, 0.25) is 5.91 Å². The Morgan fingerprint density at radius 2 is 1.88 bits per heavy atom. The van der Waals surface area contributed by atoms with Gasteiger partial charge in [0.05, 0.1) is 19.3 Å². The van der Waals surface area contributed by atoms with Gasteiger partial charge in [0, 0.05) is 37.3 Å². The number of carbonyl (C=O) groups excluding carboxylic acids is 1. The van der Waals surface area contributed by atoms with Crippen LogP contribution in [0.2, 0.25) is 0 Å². The highest BCUT2D eigenvalue weighted by Gasteiger charge is 2.33. The van der Waals surface area contributed by atoms with E-state index >= 15 is 0 Å². The predicted molar refractivity (Wildman–Crippen MR) is 127 cm³/mol. The molecule has 6 nitrogen and oxygen atoms in total. The molecule has 0 N–H and O–H groups in total. The summed E-state index contributed by atoms with van der Waals surface area (Å²) in [5, 5.41) is 4.61. The fourth-order valence-corrected chi connectivity index (χ4v) is 5.17. The number of ether oxygens (including phenoxy) is 1. The molecular formula is C26H36N4O2. The van der Waals surface area contributed by atoms with Gasteiger partial charge >= 0.3 is 0 Å². The fourth-order valence-electron chi connectivity index (χ4n) is 5.17. The number of methoxy groups -OCH3 is 1. The predicted octanol–water partition coefficient (Wildman–Crippen LogP) is 3.80. The van der Waals surface area contributed by atoms with E-state index < -0.39 is 0 Å². The van der Waals surface area contributed by atoms with E-state index in [9.17, 15) is 4.79 Å². The molecule has 0 radical (unpaired) electrons. The molecule has 0 aliphatic carbocycles. The second-order valence-corrected chi connectivity index (χ2v) is 9.38. The van der Waals surface area contributed by atoms with Crippen molar-refractivity contribution in [2.75, 3.05) is 33.8 Å². The summed E-state index contributed by atoms with van der Waals surface area (Å²) in [5.74, 6) is 1.86. The van der Waals surface area contributed by atoms with Gasteiger partial charge in [-0.25, -0.2) is 0 Å². The molecule has 4 rings (SSSR count). The summed E-state index contributed by atoms with van der Waals surface area (Å²) in [7, 11) is 3.65. The molecule has 0 saturated carbocycles. The number of carbonyl (C=O) groups is 1. The van der Waals surface area contributed by atoms with E-state index in [2.05, 4.69) is 53.3 Å². The molecule has 1 fully saturated rings. The van der Waals surface area contributed by atoms with Gasteiger partial charge in [-0.05, 0) is 75.9 Å². The normalized spacial score (nSPS) is 20.6. The highest BCUT2D eigenvalue weighted by atomic mass is 16.5. The zero-order valence-electron chi connectivity index (χ0n) is 19.9. The maximum Gasteiger partial charge on any atom is 0.226 e. The number of allylic oxidation sites excluding steroid dienone is 1. The maximum absolute atomic E-state index is 12.7. The van der Waals surface area contributed by atoms with E-state index in [0.29, 0.717) is 18.4 Å². The van der Waals surface area contributed by atoms with Crippen LogP contribution in [0, 0.1) is 25.7 Å². The third-order valence-electron chi connectivity index (χ3n) is 7.01. The Hall–Kier alpha value is -2.60. The number of likely N-dealkylation sites (N-methyl/N-ethyl adjacent to an activating group) is 1. The first-order valence-electron chi connectivity index (χ1n) is 11.7. The SMILES string of the molecule is COc1ccc(CN2CCC([C@@H]3CC=CCN(C)C3=O)CC2)cc1Cn1nc(C)cc1C. The number of rotatable bonds is 6. The van der Waals surface area contributed by atoms with Crippen LogP contribution in [0.5, 0.6) is 5.75 Å². The molecule has 1 atom stereocenters. The van der Waals surface area contributed by atoms with Gasteiger partial charge in [0.15, 0.2) is 0 Å². The minimum Gasteiger partial charge on any atom is -0.496 e. The van der Waals surface area contributed by atoms with E-state index in [-0.39, 0.29) is 5.92 Å². The Balaban J connectivity index is 1.39. The largest absolute Gasteiger partial charge is 0.496 e. The van der Waals surface area contributed by atoms with Crippen molar-refractivity contribution in [3.8, 4) is 5.75 Å². The molecule has 172 valence electrons. The minimum atomic E-state index is 0.147. The lowest BCUT2D eigenvalue weighted by atomic mass is 9.81. The van der Waals surface area contributed by atoms with Crippen molar-refractivity contribution in [3.05, 3.63) is 58.9 Å². The minimum absolute atomic E-state index is 0.147. The molecule has 1 saturated heterocycles. The van der Waals surface area contributed by atoms with Crippen molar-refractivity contribution in [1.82, 2.24) is 19.6 Å². The van der Waals surface area contributed by atoms with E-state index in [1.54, 1.807) is 7.11 Å². The van der Waals surface area contributed by atoms with Crippen molar-refractivity contribution in [3.63, 3.8) is 0 Å². The number of hydrogen-bond acceptors (Lipinski definition) is 4. The van der Waals surface area contributed by atoms with E-state index in [4.69, 9.17) is 4.74 Å². The molecule has 6 heteroatoms. The summed E-state index contributed by atoms with van der Waals surface area (Å²) in [6.07, 6.45) is 7.39. The molecule has 32 heavy (non-hydrogen) atoms. The average Bonchev–Trinajstić information content (AvgIpc) is 3.00. The van der Waals surface area contributed by atoms with Crippen LogP contribution >= 0.6 is 0 Å². The number of aromatic nitrogens is 2. The van der Waals surface area contributed by atoms with E-state index in [1.165, 1.54) is 5.56 Å². The Bertz CT molecular complexity index is 972. The maximum atomic E-state index is 12.7. The van der Waals surface area contributed by atoms with Gasteiger partial charge in [0.25, 0.3) is 0 Å². The van der Waals surface area contributed by atoms with Crippen LogP contribution in [0.4, 0.5) is 0 Å². The summed E-state index contributed by atoms with van der Waals surface area (Å²) in [6.45, 7) is 8.58. The summed E-state index contributed by atoms with van der Waals surface area (Å²) < 4.78 is 7.66. The number of benzene rings is 1. The quantitative estimate of drug-likeness (QED) is 0.647. The Morgan fingerprint density at radius 3 is 2.56 bits per heavy atom. The topological polar surface area (TPSA) is 50.6 Å². The Labute approximate surface area is 191 Å². The van der Waals surface area contributed by atoms with Crippen LogP contribution in [-0.4, -0.2) is 59.3 Å². The monoisotopic (exact) mass is 436 g/mol. The lowest BCUT2D eigenvalue weighted by Gasteiger charge is -2.36. The van der Waals surface area contributed by atoms with Crippen molar-refractivity contribution in [1.29, 1.82) is 0 Å². The first kappa shape index (κ1) is 22.6. The Morgan fingerprint density at radius 1 is 1.09 bits per heavy atom. The second-order valence-electron chi connectivity index (χ2n) is 9.38. The zero-order valence-corrected chi connectivity index (χ0v) is 19.9. The zero-order chi connectivity index (χ0) is 22.7. The molecule has 2 aromatic rings. The molecule has 2 aliphatic heterocycles. The van der Waals surface area contributed by atoms with Crippen molar-refractivity contribution < 1.29 is 9.53 Å². The molecule has 1 aromatic heterocycles. The smallest absolute Gasteiger partial charge is 0.226 e. The number of piperidine rings is 1. The molecule has 3 heterocycles. The van der Waals surface area contributed by atoms with Crippen molar-refractivity contribution >= 4 is 5.91 Å². The molecule has 0 unspecified atom stereocenters. The van der Waals surface area contributed by atoms with Gasteiger partial charge in [-0.1, -0.05) is 18.2 Å². The van der Waals surface area contributed by atoms with E-state index in [0.717, 1.165) is 68.1 Å². The van der Waals surface area contributed by atoms with Crippen LogP contribution in [0.3, 0.4) is 0 Å². The number of amides is 1. The molecule has 0 bridgehead atoms. The molecule has 0 spiro atoms. The van der Waals surface area contributed by atoms with Crippen LogP contribution in [-0.2, 0) is 17.9 Å². The summed E-state index contributed by atoms with van der Waals surface area (Å²) in [5.41, 5.74) is 4.65. The molecule has 2 aliphatic rings. The highest BCUT2D eigenvalue weighted by Crippen LogP contribution is 2.31. The fraction of sp³-hybridized carbons (Fsp3) is 0.538. The van der Waals surface area contributed by atoms with Crippen LogP contribution in [0.25, 0.3) is 0 Å². The van der Waals surface area contributed by atoms with Gasteiger partial charge in [0.1, 0.15) is 5.75 Å². The lowest BCUT2D eigenvalue weighted by molar-refractivity contribution is -0.135. The van der Waals surface area contributed by atoms with Crippen LogP contribution in [0.15, 0.2) is 36.4 Å². The third kappa shape index (κ3) is 5.07. The van der Waals surface area contributed by atoms with E-state index in [1.807, 2.05) is 23.6 Å². The first-order valence-corrected chi connectivity index (χ1v) is 11.7. The summed E-state index contributed by atoms with van der Waals surface area (Å²) in [6, 6.07) is 8.61. The van der Waals surface area contributed by atoms with Crippen LogP contribution in [0.1, 0.15) is 41.8 Å². The number of aryl methyl sites for hydroxylation is 2. The Kier molecular flexibility index (Phi) is 6.99. The summed E-state index contributed by atoms with van der Waals surface area (Å²) >= 11 is 0. The third-order valence-corrected chi connectivity index (χ3v) is 7.01. The van der Waals surface area contributed by atoms with Gasteiger partial charge in [-0.3, -0.25) is 14.4 Å². The number of nitrogens with zero attached hydrogens (tertiary/aromatic N) is 4. The average molecular weight is 437 g/mol. The first-order chi connectivity index (χ1) is 15.4. The van der Waals surface area contributed by atoms with Crippen molar-refractivity contribution in [2.45, 2.75) is 46.2 Å². The van der Waals surface area contributed by atoms with Gasteiger partial charge in [-0.2, -0.15) is 5.10 Å². The second kappa shape index (κ2) is 9.90. The summed E-state index contributed by atoms with van der Waals surface area (Å²) in [4.78, 5) is 17.1. The number of hydrogen-bond donors (Lipinski definition) is 0. The highest BCUT2D eigenvalue weighted by molar-refractivity contribution is 5.79. The van der Waals surface area contributed by atoms with Gasteiger partial charge in [-0.15, -0.1) is 0 Å². The standard InChI is InChI=1S/C26H36N4O2/c1-19-15-20(2)30(27-19)18-23-16-21(8-9-25(23)32-4)17-29-13-10-22(11-14-29)24-7-5-6-12-28(3)26(24)31/h5-6,8-9,15-16,22,24H,7,10-14,17-18H2,1-4H3/t24-/m0/s1. The van der Waals surface area contributed by atoms with Crippen LogP contribution < -0.4 is 4.74 Å².